The maximum Gasteiger partial charge on any atom is 0.122 e. The summed E-state index contributed by atoms with van der Waals surface area (Å²) in [6, 6.07) is 11.9. The fourth-order valence-electron chi connectivity index (χ4n) is 2.03. The van der Waals surface area contributed by atoms with Gasteiger partial charge in [-0.3, -0.25) is 0 Å². The first-order valence-electron chi connectivity index (χ1n) is 5.94. The van der Waals surface area contributed by atoms with E-state index in [-0.39, 0.29) is 0 Å². The molecule has 1 unspecified atom stereocenters. The van der Waals surface area contributed by atoms with Crippen LogP contribution >= 0.6 is 11.3 Å². The second kappa shape index (κ2) is 5.12. The number of hydrogen-bond donors (Lipinski definition) is 1. The van der Waals surface area contributed by atoms with Crippen LogP contribution in [0.25, 0.3) is 0 Å². The highest BCUT2D eigenvalue weighted by atomic mass is 32.1. The first-order valence-corrected chi connectivity index (χ1v) is 6.76. The summed E-state index contributed by atoms with van der Waals surface area (Å²) >= 11 is 1.64. The molecule has 0 spiro atoms. The molecule has 0 saturated carbocycles. The van der Waals surface area contributed by atoms with E-state index in [1.807, 2.05) is 50.2 Å². The molecular formula is C15H18O2S. The third kappa shape index (κ3) is 2.74. The van der Waals surface area contributed by atoms with Crippen LogP contribution in [0.15, 0.2) is 36.4 Å². The Hall–Kier alpha value is -1.32. The van der Waals surface area contributed by atoms with Crippen LogP contribution in [-0.2, 0) is 12.0 Å². The Bertz CT molecular complexity index is 529. The van der Waals surface area contributed by atoms with Crippen LogP contribution in [0.3, 0.4) is 0 Å². The zero-order valence-electron chi connectivity index (χ0n) is 10.9. The summed E-state index contributed by atoms with van der Waals surface area (Å²) in [5, 5.41) is 10.6. The van der Waals surface area contributed by atoms with Crippen LogP contribution in [-0.4, -0.2) is 12.2 Å². The molecule has 0 radical (unpaired) electrons. The van der Waals surface area contributed by atoms with E-state index in [9.17, 15) is 5.11 Å². The number of rotatable bonds is 4. The van der Waals surface area contributed by atoms with Crippen molar-refractivity contribution in [1.29, 1.82) is 0 Å². The van der Waals surface area contributed by atoms with E-state index in [2.05, 4.69) is 0 Å². The SMILES string of the molecule is COc1ccccc1CC(C)(O)c1ccc(C)s1. The highest BCUT2D eigenvalue weighted by Gasteiger charge is 2.26. The standard InChI is InChI=1S/C15H18O2S/c1-11-8-9-14(18-11)15(2,16)10-12-6-4-5-7-13(12)17-3/h4-9,16H,10H2,1-3H3. The van der Waals surface area contributed by atoms with Crippen molar-refractivity contribution >= 4 is 11.3 Å². The minimum atomic E-state index is -0.854. The molecule has 2 aromatic rings. The van der Waals surface area contributed by atoms with Crippen LogP contribution in [0.1, 0.15) is 22.2 Å². The normalized spacial score (nSPS) is 14.2. The maximum absolute atomic E-state index is 10.6. The molecule has 1 N–H and O–H groups in total. The van der Waals surface area contributed by atoms with Gasteiger partial charge in [0.1, 0.15) is 11.4 Å². The average molecular weight is 262 g/mol. The number of methoxy groups -OCH3 is 1. The highest BCUT2D eigenvalue weighted by molar-refractivity contribution is 7.12. The Balaban J connectivity index is 2.27. The van der Waals surface area contributed by atoms with Crippen LogP contribution in [0, 0.1) is 6.92 Å². The number of hydrogen-bond acceptors (Lipinski definition) is 3. The molecule has 1 heterocycles. The molecule has 96 valence electrons. The van der Waals surface area contributed by atoms with Gasteiger partial charge < -0.3 is 9.84 Å². The third-order valence-electron chi connectivity index (χ3n) is 3.00. The second-order valence-corrected chi connectivity index (χ2v) is 5.96. The number of aryl methyl sites for hydroxylation is 1. The van der Waals surface area contributed by atoms with Gasteiger partial charge in [0, 0.05) is 16.2 Å². The number of para-hydroxylation sites is 1. The van der Waals surface area contributed by atoms with Gasteiger partial charge in [-0.05, 0) is 37.6 Å². The Morgan fingerprint density at radius 2 is 1.94 bits per heavy atom. The van der Waals surface area contributed by atoms with Gasteiger partial charge in [-0.1, -0.05) is 18.2 Å². The lowest BCUT2D eigenvalue weighted by atomic mass is 9.94. The molecule has 0 aliphatic carbocycles. The zero-order valence-corrected chi connectivity index (χ0v) is 11.8. The molecule has 3 heteroatoms. The molecule has 18 heavy (non-hydrogen) atoms. The van der Waals surface area contributed by atoms with Gasteiger partial charge >= 0.3 is 0 Å². The molecule has 0 bridgehead atoms. The molecule has 0 aliphatic rings. The summed E-state index contributed by atoms with van der Waals surface area (Å²) in [5.74, 6) is 0.825. The molecule has 0 aliphatic heterocycles. The van der Waals surface area contributed by atoms with Crippen molar-refractivity contribution in [2.75, 3.05) is 7.11 Å². The fraction of sp³-hybridized carbons (Fsp3) is 0.333. The molecule has 1 atom stereocenters. The van der Waals surface area contributed by atoms with Crippen LogP contribution in [0.2, 0.25) is 0 Å². The van der Waals surface area contributed by atoms with Crippen molar-refractivity contribution in [2.24, 2.45) is 0 Å². The first kappa shape index (κ1) is 13.1. The lowest BCUT2D eigenvalue weighted by Gasteiger charge is -2.23. The summed E-state index contributed by atoms with van der Waals surface area (Å²) in [7, 11) is 1.66. The second-order valence-electron chi connectivity index (χ2n) is 4.67. The molecule has 0 amide bonds. The quantitative estimate of drug-likeness (QED) is 0.913. The Morgan fingerprint density at radius 1 is 1.22 bits per heavy atom. The van der Waals surface area contributed by atoms with E-state index in [0.717, 1.165) is 16.2 Å². The Morgan fingerprint density at radius 3 is 2.56 bits per heavy atom. The molecule has 1 aromatic carbocycles. The van der Waals surface area contributed by atoms with E-state index >= 15 is 0 Å². The molecule has 0 saturated heterocycles. The van der Waals surface area contributed by atoms with E-state index in [1.165, 1.54) is 4.88 Å². The van der Waals surface area contributed by atoms with E-state index in [4.69, 9.17) is 4.74 Å². The summed E-state index contributed by atoms with van der Waals surface area (Å²) in [4.78, 5) is 2.20. The smallest absolute Gasteiger partial charge is 0.122 e. The Labute approximate surface area is 112 Å². The summed E-state index contributed by atoms with van der Waals surface area (Å²) in [6.07, 6.45) is 0.553. The minimum absolute atomic E-state index is 0.553. The van der Waals surface area contributed by atoms with Crippen molar-refractivity contribution in [3.63, 3.8) is 0 Å². The number of benzene rings is 1. The van der Waals surface area contributed by atoms with Crippen LogP contribution in [0.5, 0.6) is 5.75 Å². The molecular weight excluding hydrogens is 244 g/mol. The maximum atomic E-state index is 10.6. The van der Waals surface area contributed by atoms with Gasteiger partial charge in [0.15, 0.2) is 0 Å². The zero-order chi connectivity index (χ0) is 13.2. The van der Waals surface area contributed by atoms with Crippen LogP contribution < -0.4 is 4.74 Å². The van der Waals surface area contributed by atoms with Crippen molar-refractivity contribution < 1.29 is 9.84 Å². The van der Waals surface area contributed by atoms with Crippen LogP contribution in [0.4, 0.5) is 0 Å². The third-order valence-corrected chi connectivity index (χ3v) is 4.25. The number of aliphatic hydroxyl groups is 1. The van der Waals surface area contributed by atoms with Gasteiger partial charge in [-0.25, -0.2) is 0 Å². The minimum Gasteiger partial charge on any atom is -0.496 e. The van der Waals surface area contributed by atoms with E-state index < -0.39 is 5.60 Å². The van der Waals surface area contributed by atoms with Crippen molar-refractivity contribution in [1.82, 2.24) is 0 Å². The molecule has 2 nitrogen and oxygen atoms in total. The lowest BCUT2D eigenvalue weighted by molar-refractivity contribution is 0.0608. The number of ether oxygens (including phenoxy) is 1. The largest absolute Gasteiger partial charge is 0.496 e. The highest BCUT2D eigenvalue weighted by Crippen LogP contribution is 2.33. The van der Waals surface area contributed by atoms with Gasteiger partial charge in [-0.2, -0.15) is 0 Å². The van der Waals surface area contributed by atoms with Crippen molar-refractivity contribution in [3.05, 3.63) is 51.7 Å². The van der Waals surface area contributed by atoms with E-state index in [1.54, 1.807) is 18.4 Å². The fourth-order valence-corrected chi connectivity index (χ4v) is 2.94. The molecule has 0 fully saturated rings. The Kier molecular flexibility index (Phi) is 3.73. The van der Waals surface area contributed by atoms with Gasteiger partial charge in [0.05, 0.1) is 7.11 Å². The summed E-state index contributed by atoms with van der Waals surface area (Å²) < 4.78 is 5.32. The van der Waals surface area contributed by atoms with Gasteiger partial charge in [0.25, 0.3) is 0 Å². The molecule has 1 aromatic heterocycles. The van der Waals surface area contributed by atoms with Gasteiger partial charge in [0.2, 0.25) is 0 Å². The predicted molar refractivity (Wildman–Crippen MR) is 75.3 cm³/mol. The summed E-state index contributed by atoms with van der Waals surface area (Å²) in [5.41, 5.74) is 0.171. The topological polar surface area (TPSA) is 29.5 Å². The van der Waals surface area contributed by atoms with Crippen molar-refractivity contribution in [2.45, 2.75) is 25.9 Å². The molecule has 2 rings (SSSR count). The average Bonchev–Trinajstić information content (AvgIpc) is 2.77. The number of thiophene rings is 1. The monoisotopic (exact) mass is 262 g/mol. The van der Waals surface area contributed by atoms with E-state index in [0.29, 0.717) is 6.42 Å². The lowest BCUT2D eigenvalue weighted by Crippen LogP contribution is -2.23. The predicted octanol–water partition coefficient (Wildman–Crippen LogP) is 3.52. The van der Waals surface area contributed by atoms with Crippen molar-refractivity contribution in [3.8, 4) is 5.75 Å². The first-order chi connectivity index (χ1) is 8.53. The van der Waals surface area contributed by atoms with Gasteiger partial charge in [-0.15, -0.1) is 11.3 Å². The summed E-state index contributed by atoms with van der Waals surface area (Å²) in [6.45, 7) is 3.90.